The Hall–Kier alpha value is -1.49. The number of rotatable bonds is 4. The van der Waals surface area contributed by atoms with Gasteiger partial charge in [0.05, 0.1) is 11.7 Å². The molecule has 0 radical (unpaired) electrons. The Morgan fingerprint density at radius 3 is 3.29 bits per heavy atom. The Morgan fingerprint density at radius 2 is 2.43 bits per heavy atom. The standard InChI is InChI=1S/C9H12N4O/c1-14-6-2-5-13-9-3-4-10-7-8(9)11-12-13/h3-4,7H,2,5-6H2,1H3. The van der Waals surface area contributed by atoms with Gasteiger partial charge < -0.3 is 4.74 Å². The number of hydrogen-bond acceptors (Lipinski definition) is 4. The average Bonchev–Trinajstić information content (AvgIpc) is 2.63. The van der Waals surface area contributed by atoms with Crippen LogP contribution in [0.15, 0.2) is 18.5 Å². The summed E-state index contributed by atoms with van der Waals surface area (Å²) in [6.45, 7) is 1.57. The fourth-order valence-electron chi connectivity index (χ4n) is 1.35. The van der Waals surface area contributed by atoms with Crippen LogP contribution in [0.3, 0.4) is 0 Å². The molecule has 0 N–H and O–H groups in total. The molecule has 0 aromatic carbocycles. The summed E-state index contributed by atoms with van der Waals surface area (Å²) in [5, 5.41) is 8.05. The van der Waals surface area contributed by atoms with Gasteiger partial charge in [-0.05, 0) is 12.5 Å². The van der Waals surface area contributed by atoms with Crippen molar-refractivity contribution in [2.24, 2.45) is 0 Å². The molecule has 0 spiro atoms. The Balaban J connectivity index is 2.17. The lowest BCUT2D eigenvalue weighted by Crippen LogP contribution is -2.03. The van der Waals surface area contributed by atoms with Crippen LogP contribution in [0.2, 0.25) is 0 Å². The van der Waals surface area contributed by atoms with E-state index in [0.717, 1.165) is 30.6 Å². The molecule has 5 nitrogen and oxygen atoms in total. The third-order valence-corrected chi connectivity index (χ3v) is 2.03. The molecule has 74 valence electrons. The molecule has 0 saturated carbocycles. The molecule has 2 heterocycles. The lowest BCUT2D eigenvalue weighted by molar-refractivity contribution is 0.189. The molecule has 0 saturated heterocycles. The predicted molar refractivity (Wildman–Crippen MR) is 51.8 cm³/mol. The second-order valence-electron chi connectivity index (χ2n) is 3.02. The number of hydrogen-bond donors (Lipinski definition) is 0. The van der Waals surface area contributed by atoms with Gasteiger partial charge in [-0.25, -0.2) is 4.68 Å². The minimum Gasteiger partial charge on any atom is -0.385 e. The summed E-state index contributed by atoms with van der Waals surface area (Å²) >= 11 is 0. The smallest absolute Gasteiger partial charge is 0.131 e. The number of aromatic nitrogens is 4. The van der Waals surface area contributed by atoms with Gasteiger partial charge in [-0.15, -0.1) is 5.10 Å². The van der Waals surface area contributed by atoms with Gasteiger partial charge in [-0.2, -0.15) is 0 Å². The lowest BCUT2D eigenvalue weighted by atomic mass is 10.4. The first kappa shape index (κ1) is 9.08. The molecule has 2 aromatic heterocycles. The number of nitrogens with zero attached hydrogens (tertiary/aromatic N) is 4. The van der Waals surface area contributed by atoms with Gasteiger partial charge in [0, 0.05) is 26.5 Å². The van der Waals surface area contributed by atoms with Crippen LogP contribution in [0.4, 0.5) is 0 Å². The average molecular weight is 192 g/mol. The van der Waals surface area contributed by atoms with Crippen LogP contribution in [0, 0.1) is 0 Å². The molecule has 2 rings (SSSR count). The Labute approximate surface area is 81.7 Å². The van der Waals surface area contributed by atoms with E-state index in [2.05, 4.69) is 15.3 Å². The zero-order valence-corrected chi connectivity index (χ0v) is 8.05. The summed E-state index contributed by atoms with van der Waals surface area (Å²) in [5.41, 5.74) is 1.86. The van der Waals surface area contributed by atoms with Crippen molar-refractivity contribution < 1.29 is 4.74 Å². The molecule has 0 atom stereocenters. The second kappa shape index (κ2) is 4.15. The van der Waals surface area contributed by atoms with Gasteiger partial charge in [0.25, 0.3) is 0 Å². The highest BCUT2D eigenvalue weighted by atomic mass is 16.5. The van der Waals surface area contributed by atoms with E-state index in [1.54, 1.807) is 19.5 Å². The summed E-state index contributed by atoms with van der Waals surface area (Å²) in [5.74, 6) is 0. The molecule has 0 unspecified atom stereocenters. The minimum absolute atomic E-state index is 0.742. The fraction of sp³-hybridized carbons (Fsp3) is 0.444. The summed E-state index contributed by atoms with van der Waals surface area (Å²) in [6, 6.07) is 1.92. The molecule has 0 aliphatic rings. The van der Waals surface area contributed by atoms with Crippen molar-refractivity contribution in [3.8, 4) is 0 Å². The van der Waals surface area contributed by atoms with Gasteiger partial charge in [0.2, 0.25) is 0 Å². The van der Waals surface area contributed by atoms with E-state index < -0.39 is 0 Å². The molecule has 2 aromatic rings. The van der Waals surface area contributed by atoms with Gasteiger partial charge in [-0.1, -0.05) is 5.21 Å². The highest BCUT2D eigenvalue weighted by Gasteiger charge is 2.02. The minimum atomic E-state index is 0.742. The third-order valence-electron chi connectivity index (χ3n) is 2.03. The summed E-state index contributed by atoms with van der Waals surface area (Å²) in [4.78, 5) is 3.98. The zero-order valence-electron chi connectivity index (χ0n) is 8.05. The zero-order chi connectivity index (χ0) is 9.80. The second-order valence-corrected chi connectivity index (χ2v) is 3.02. The summed E-state index contributed by atoms with van der Waals surface area (Å²) < 4.78 is 6.85. The Morgan fingerprint density at radius 1 is 1.50 bits per heavy atom. The van der Waals surface area contributed by atoms with Crippen molar-refractivity contribution in [1.29, 1.82) is 0 Å². The largest absolute Gasteiger partial charge is 0.385 e. The molecule has 0 aliphatic carbocycles. The van der Waals surface area contributed by atoms with E-state index in [-0.39, 0.29) is 0 Å². The molecule has 0 bridgehead atoms. The topological polar surface area (TPSA) is 52.8 Å². The van der Waals surface area contributed by atoms with E-state index in [0.29, 0.717) is 0 Å². The maximum Gasteiger partial charge on any atom is 0.131 e. The molecular weight excluding hydrogens is 180 g/mol. The van der Waals surface area contributed by atoms with Crippen molar-refractivity contribution >= 4 is 11.0 Å². The van der Waals surface area contributed by atoms with Crippen LogP contribution >= 0.6 is 0 Å². The summed E-state index contributed by atoms with van der Waals surface area (Å²) in [7, 11) is 1.70. The molecule has 0 fully saturated rings. The molecule has 0 aliphatic heterocycles. The van der Waals surface area contributed by atoms with Crippen molar-refractivity contribution in [2.75, 3.05) is 13.7 Å². The van der Waals surface area contributed by atoms with Crippen molar-refractivity contribution in [3.05, 3.63) is 18.5 Å². The van der Waals surface area contributed by atoms with Crippen LogP contribution in [0.5, 0.6) is 0 Å². The Kier molecular flexibility index (Phi) is 2.69. The van der Waals surface area contributed by atoms with E-state index >= 15 is 0 Å². The van der Waals surface area contributed by atoms with Gasteiger partial charge >= 0.3 is 0 Å². The van der Waals surface area contributed by atoms with E-state index in [4.69, 9.17) is 4.74 Å². The maximum absolute atomic E-state index is 4.98. The SMILES string of the molecule is COCCCn1nnc2cnccc21. The first-order valence-corrected chi connectivity index (χ1v) is 4.54. The quantitative estimate of drug-likeness (QED) is 0.674. The van der Waals surface area contributed by atoms with Crippen molar-refractivity contribution in [2.45, 2.75) is 13.0 Å². The third kappa shape index (κ3) is 1.72. The van der Waals surface area contributed by atoms with E-state index in [1.807, 2.05) is 10.7 Å². The number of ether oxygens (including phenoxy) is 1. The number of fused-ring (bicyclic) bond motifs is 1. The molecule has 0 amide bonds. The van der Waals surface area contributed by atoms with Crippen LogP contribution in [0.25, 0.3) is 11.0 Å². The first-order chi connectivity index (χ1) is 6.92. The van der Waals surface area contributed by atoms with Gasteiger partial charge in [0.1, 0.15) is 5.52 Å². The Bertz CT molecular complexity index is 412. The van der Waals surface area contributed by atoms with Crippen molar-refractivity contribution in [1.82, 2.24) is 20.0 Å². The van der Waals surface area contributed by atoms with Gasteiger partial charge in [0.15, 0.2) is 0 Å². The normalized spacial score (nSPS) is 10.9. The van der Waals surface area contributed by atoms with E-state index in [9.17, 15) is 0 Å². The van der Waals surface area contributed by atoms with Crippen LogP contribution in [-0.2, 0) is 11.3 Å². The van der Waals surface area contributed by atoms with Crippen LogP contribution in [-0.4, -0.2) is 33.7 Å². The van der Waals surface area contributed by atoms with Crippen molar-refractivity contribution in [3.63, 3.8) is 0 Å². The highest BCUT2D eigenvalue weighted by molar-refractivity contribution is 5.72. The van der Waals surface area contributed by atoms with Gasteiger partial charge in [-0.3, -0.25) is 4.98 Å². The maximum atomic E-state index is 4.98. The van der Waals surface area contributed by atoms with Crippen LogP contribution < -0.4 is 0 Å². The molecule has 14 heavy (non-hydrogen) atoms. The predicted octanol–water partition coefficient (Wildman–Crippen LogP) is 0.863. The summed E-state index contributed by atoms with van der Waals surface area (Å²) in [6.07, 6.45) is 4.41. The molecule has 5 heteroatoms. The number of methoxy groups -OCH3 is 1. The van der Waals surface area contributed by atoms with E-state index in [1.165, 1.54) is 0 Å². The number of pyridine rings is 1. The molecular formula is C9H12N4O. The van der Waals surface area contributed by atoms with Crippen LogP contribution in [0.1, 0.15) is 6.42 Å². The lowest BCUT2D eigenvalue weighted by Gasteiger charge is -2.00. The first-order valence-electron chi connectivity index (χ1n) is 4.54. The highest BCUT2D eigenvalue weighted by Crippen LogP contribution is 2.08. The monoisotopic (exact) mass is 192 g/mol. The number of aryl methyl sites for hydroxylation is 1. The fourth-order valence-corrected chi connectivity index (χ4v) is 1.35.